The second kappa shape index (κ2) is 5.60. The van der Waals surface area contributed by atoms with Gasteiger partial charge in [-0.1, -0.05) is 6.07 Å². The Bertz CT molecular complexity index is 1190. The van der Waals surface area contributed by atoms with Crippen LogP contribution in [-0.2, 0) is 5.54 Å². The molecule has 2 saturated carbocycles. The third kappa shape index (κ3) is 1.99. The van der Waals surface area contributed by atoms with E-state index in [9.17, 15) is 9.65 Å². The van der Waals surface area contributed by atoms with E-state index in [4.69, 9.17) is 4.98 Å². The molecule has 2 bridgehead atoms. The summed E-state index contributed by atoms with van der Waals surface area (Å²) >= 11 is 0. The lowest BCUT2D eigenvalue weighted by Gasteiger charge is -2.55. The lowest BCUT2D eigenvalue weighted by atomic mass is 9.61. The summed E-state index contributed by atoms with van der Waals surface area (Å²) in [7, 11) is 2.15. The molecule has 6 rings (SSSR count). The van der Waals surface area contributed by atoms with Crippen LogP contribution in [0.1, 0.15) is 48.8 Å². The van der Waals surface area contributed by atoms with Crippen molar-refractivity contribution in [1.29, 1.82) is 5.26 Å². The van der Waals surface area contributed by atoms with Crippen LogP contribution >= 0.6 is 0 Å². The Balaban J connectivity index is 1.64. The van der Waals surface area contributed by atoms with E-state index < -0.39 is 5.82 Å². The molecular weight excluding hydrogens is 363 g/mol. The van der Waals surface area contributed by atoms with E-state index in [1.165, 1.54) is 36.6 Å². The molecule has 2 aromatic carbocycles. The first-order valence-corrected chi connectivity index (χ1v) is 10.4. The molecular formula is C24H23FN4. The topological polar surface area (TPSA) is 55.7 Å². The second-order valence-electron chi connectivity index (χ2n) is 9.19. The monoisotopic (exact) mass is 386 g/mol. The van der Waals surface area contributed by atoms with Crippen LogP contribution in [0.3, 0.4) is 0 Å². The quantitative estimate of drug-likeness (QED) is 0.635. The van der Waals surface area contributed by atoms with E-state index in [-0.39, 0.29) is 11.1 Å². The van der Waals surface area contributed by atoms with Crippen molar-refractivity contribution >= 4 is 16.7 Å². The Morgan fingerprint density at radius 1 is 1.24 bits per heavy atom. The number of hydrogen-bond acceptors (Lipinski definition) is 3. The van der Waals surface area contributed by atoms with Crippen LogP contribution in [-0.4, -0.2) is 17.0 Å². The van der Waals surface area contributed by atoms with Crippen LogP contribution in [0.2, 0.25) is 0 Å². The van der Waals surface area contributed by atoms with Gasteiger partial charge in [0.15, 0.2) is 0 Å². The molecule has 3 aromatic rings. The number of aromatic nitrogens is 2. The fraction of sp³-hybridized carbons (Fsp3) is 0.417. The van der Waals surface area contributed by atoms with Gasteiger partial charge in [-0.3, -0.25) is 0 Å². The predicted octanol–water partition coefficient (Wildman–Crippen LogP) is 5.07. The highest BCUT2D eigenvalue weighted by atomic mass is 19.1. The average molecular weight is 386 g/mol. The highest BCUT2D eigenvalue weighted by Crippen LogP contribution is 2.67. The molecule has 2 fully saturated rings. The number of benzene rings is 2. The van der Waals surface area contributed by atoms with E-state index >= 15 is 0 Å². The maximum Gasteiger partial charge on any atom is 0.140 e. The van der Waals surface area contributed by atoms with Gasteiger partial charge in [0, 0.05) is 18.3 Å². The van der Waals surface area contributed by atoms with Gasteiger partial charge in [0.1, 0.15) is 11.9 Å². The molecule has 1 N–H and O–H groups in total. The Hall–Kier alpha value is -2.87. The number of nitrogens with one attached hydrogen (secondary N) is 1. The van der Waals surface area contributed by atoms with Crippen LogP contribution in [0.15, 0.2) is 36.7 Å². The van der Waals surface area contributed by atoms with Gasteiger partial charge in [0.2, 0.25) is 0 Å². The van der Waals surface area contributed by atoms with E-state index in [0.717, 1.165) is 16.6 Å². The number of fused-ring (bicyclic) bond motifs is 9. The molecule has 0 radical (unpaired) electrons. The Labute approximate surface area is 169 Å². The maximum atomic E-state index is 14.1. The number of H-pyrrole nitrogens is 1. The highest BCUT2D eigenvalue weighted by molar-refractivity contribution is 5.86. The molecule has 5 atom stereocenters. The Morgan fingerprint density at radius 2 is 2.07 bits per heavy atom. The molecule has 29 heavy (non-hydrogen) atoms. The van der Waals surface area contributed by atoms with Gasteiger partial charge < -0.3 is 9.88 Å². The minimum Gasteiger partial charge on any atom is -0.365 e. The summed E-state index contributed by atoms with van der Waals surface area (Å²) in [6.07, 6.45) is 5.58. The molecule has 1 aliphatic heterocycles. The lowest BCUT2D eigenvalue weighted by molar-refractivity contribution is 0.158. The zero-order chi connectivity index (χ0) is 19.9. The SMILES string of the molecule is CN1c2ccc3[nH]cnc3c2[C@H]2C3CCC(C3)[C@H]2C1(C)c1ccc(F)c(C#N)c1. The smallest absolute Gasteiger partial charge is 0.140 e. The standard InChI is InChI=1S/C24H23FN4/c1-24(16-5-6-17(25)15(10-16)11-26)22-14-4-3-13(9-14)20(22)21-19(29(24)2)8-7-18-23(21)28-12-27-18/h5-8,10,12-14,20,22H,3-4,9H2,1-2H3,(H,27,28)/t13?,14?,20-,22-,24?/m1/s1. The molecule has 0 spiro atoms. The number of halogens is 1. The molecule has 2 aliphatic carbocycles. The zero-order valence-corrected chi connectivity index (χ0v) is 16.6. The first kappa shape index (κ1) is 17.0. The van der Waals surface area contributed by atoms with Crippen molar-refractivity contribution in [2.45, 2.75) is 37.6 Å². The predicted molar refractivity (Wildman–Crippen MR) is 110 cm³/mol. The van der Waals surface area contributed by atoms with Crippen molar-refractivity contribution in [1.82, 2.24) is 9.97 Å². The van der Waals surface area contributed by atoms with Crippen molar-refractivity contribution in [3.8, 4) is 6.07 Å². The number of nitrogens with zero attached hydrogens (tertiary/aromatic N) is 3. The number of rotatable bonds is 1. The summed E-state index contributed by atoms with van der Waals surface area (Å²) in [5, 5.41) is 9.42. The van der Waals surface area contributed by atoms with E-state index in [0.29, 0.717) is 23.7 Å². The van der Waals surface area contributed by atoms with Crippen LogP contribution in [0.25, 0.3) is 11.0 Å². The number of hydrogen-bond donors (Lipinski definition) is 1. The number of aromatic amines is 1. The summed E-state index contributed by atoms with van der Waals surface area (Å²) in [4.78, 5) is 10.3. The Kier molecular flexibility index (Phi) is 3.29. The maximum absolute atomic E-state index is 14.1. The molecule has 4 nitrogen and oxygen atoms in total. The van der Waals surface area contributed by atoms with E-state index in [1.807, 2.05) is 12.1 Å². The largest absolute Gasteiger partial charge is 0.365 e. The molecule has 1 aromatic heterocycles. The summed E-state index contributed by atoms with van der Waals surface area (Å²) in [6, 6.07) is 11.5. The molecule has 3 unspecified atom stereocenters. The van der Waals surface area contributed by atoms with Crippen molar-refractivity contribution in [3.63, 3.8) is 0 Å². The van der Waals surface area contributed by atoms with Gasteiger partial charge in [-0.15, -0.1) is 0 Å². The molecule has 5 heteroatoms. The minimum atomic E-state index is -0.443. The molecule has 2 heterocycles. The van der Waals surface area contributed by atoms with E-state index in [1.54, 1.807) is 12.4 Å². The number of imidazole rings is 1. The first-order chi connectivity index (χ1) is 14.0. The van der Waals surface area contributed by atoms with Gasteiger partial charge in [-0.05, 0) is 79.7 Å². The lowest BCUT2D eigenvalue weighted by Crippen LogP contribution is -2.54. The molecule has 3 aliphatic rings. The summed E-state index contributed by atoms with van der Waals surface area (Å²) < 4.78 is 14.1. The molecule has 0 amide bonds. The van der Waals surface area contributed by atoms with Gasteiger partial charge in [-0.25, -0.2) is 9.37 Å². The van der Waals surface area contributed by atoms with Crippen molar-refractivity contribution in [2.24, 2.45) is 17.8 Å². The molecule has 0 saturated heterocycles. The fourth-order valence-electron chi connectivity index (χ4n) is 6.94. The van der Waals surface area contributed by atoms with E-state index in [2.05, 4.69) is 36.0 Å². The summed E-state index contributed by atoms with van der Waals surface area (Å²) in [5.41, 5.74) is 5.65. The normalized spacial score (nSPS) is 32.3. The van der Waals surface area contributed by atoms with Crippen LogP contribution in [0.5, 0.6) is 0 Å². The Morgan fingerprint density at radius 3 is 2.90 bits per heavy atom. The van der Waals surface area contributed by atoms with Crippen LogP contribution in [0, 0.1) is 34.9 Å². The van der Waals surface area contributed by atoms with Crippen molar-refractivity contribution in [3.05, 3.63) is 59.2 Å². The second-order valence-corrected chi connectivity index (χ2v) is 9.19. The molecule has 146 valence electrons. The highest BCUT2D eigenvalue weighted by Gasteiger charge is 2.60. The summed E-state index contributed by atoms with van der Waals surface area (Å²) in [6.45, 7) is 2.29. The van der Waals surface area contributed by atoms with Gasteiger partial charge in [-0.2, -0.15) is 5.26 Å². The fourth-order valence-corrected chi connectivity index (χ4v) is 6.94. The first-order valence-electron chi connectivity index (χ1n) is 10.4. The number of nitriles is 1. The average Bonchev–Trinajstić information content (AvgIpc) is 3.47. The third-order valence-corrected chi connectivity index (χ3v) is 8.24. The van der Waals surface area contributed by atoms with Gasteiger partial charge >= 0.3 is 0 Å². The van der Waals surface area contributed by atoms with Gasteiger partial charge in [0.25, 0.3) is 0 Å². The van der Waals surface area contributed by atoms with Crippen LogP contribution < -0.4 is 4.90 Å². The van der Waals surface area contributed by atoms with Gasteiger partial charge in [0.05, 0.1) is 28.5 Å². The number of anilines is 1. The third-order valence-electron chi connectivity index (χ3n) is 8.24. The van der Waals surface area contributed by atoms with Crippen LogP contribution in [0.4, 0.5) is 10.1 Å². The summed E-state index contributed by atoms with van der Waals surface area (Å²) in [5.74, 6) is 1.76. The van der Waals surface area contributed by atoms with Crippen molar-refractivity contribution in [2.75, 3.05) is 11.9 Å². The minimum absolute atomic E-state index is 0.130. The van der Waals surface area contributed by atoms with Crippen molar-refractivity contribution < 1.29 is 4.39 Å². The zero-order valence-electron chi connectivity index (χ0n) is 16.6.